The van der Waals surface area contributed by atoms with Crippen LogP contribution < -0.4 is 10.6 Å². The summed E-state index contributed by atoms with van der Waals surface area (Å²) in [5.41, 5.74) is 0. The van der Waals surface area contributed by atoms with Gasteiger partial charge in [0.1, 0.15) is 5.82 Å². The summed E-state index contributed by atoms with van der Waals surface area (Å²) in [4.78, 5) is 11.8. The Labute approximate surface area is 150 Å². The summed E-state index contributed by atoms with van der Waals surface area (Å²) < 4.78 is 2.20. The van der Waals surface area contributed by atoms with Gasteiger partial charge in [-0.1, -0.05) is 32.5 Å². The molecule has 0 fully saturated rings. The van der Waals surface area contributed by atoms with E-state index in [4.69, 9.17) is 0 Å². The molecule has 0 aliphatic carbocycles. The van der Waals surface area contributed by atoms with Gasteiger partial charge in [-0.15, -0.1) is 22.6 Å². The molecular formula is C15H30ClN5OS. The van der Waals surface area contributed by atoms with Crippen LogP contribution in [0.25, 0.3) is 0 Å². The zero-order chi connectivity index (χ0) is 16.5. The molecule has 8 heteroatoms. The van der Waals surface area contributed by atoms with Crippen LogP contribution in [0.15, 0.2) is 5.16 Å². The number of carbonyl (C=O) groups is 1. The molecule has 0 aliphatic rings. The van der Waals surface area contributed by atoms with E-state index in [1.807, 2.05) is 20.2 Å². The van der Waals surface area contributed by atoms with Crippen molar-refractivity contribution in [1.82, 2.24) is 25.4 Å². The molecular weight excluding hydrogens is 334 g/mol. The number of halogens is 1. The van der Waals surface area contributed by atoms with Crippen LogP contribution >= 0.6 is 24.2 Å². The fourth-order valence-electron chi connectivity index (χ4n) is 2.23. The quantitative estimate of drug-likeness (QED) is 0.491. The van der Waals surface area contributed by atoms with Crippen molar-refractivity contribution < 1.29 is 4.79 Å². The van der Waals surface area contributed by atoms with Gasteiger partial charge in [0, 0.05) is 32.0 Å². The maximum absolute atomic E-state index is 11.8. The molecule has 0 spiro atoms. The summed E-state index contributed by atoms with van der Waals surface area (Å²) in [7, 11) is 1.86. The van der Waals surface area contributed by atoms with Gasteiger partial charge in [0.15, 0.2) is 5.16 Å². The first-order valence-corrected chi connectivity index (χ1v) is 9.10. The van der Waals surface area contributed by atoms with E-state index in [-0.39, 0.29) is 24.2 Å². The van der Waals surface area contributed by atoms with E-state index in [1.54, 1.807) is 11.8 Å². The molecule has 6 nitrogen and oxygen atoms in total. The molecule has 134 valence electrons. The fourth-order valence-corrected chi connectivity index (χ4v) is 2.76. The molecule has 0 radical (unpaired) electrons. The van der Waals surface area contributed by atoms with Gasteiger partial charge in [-0.05, 0) is 25.6 Å². The highest BCUT2D eigenvalue weighted by molar-refractivity contribution is 7.98. The number of aryl methyl sites for hydroxylation is 1. The fraction of sp³-hybridized carbons (Fsp3) is 0.800. The van der Waals surface area contributed by atoms with Crippen LogP contribution in [0.3, 0.4) is 0 Å². The molecule has 1 aromatic rings. The Balaban J connectivity index is 0.00000484. The second-order valence-corrected chi connectivity index (χ2v) is 6.73. The third-order valence-electron chi connectivity index (χ3n) is 3.36. The summed E-state index contributed by atoms with van der Waals surface area (Å²) >= 11 is 1.62. The molecule has 0 saturated heterocycles. The summed E-state index contributed by atoms with van der Waals surface area (Å²) in [6, 6.07) is 0. The Morgan fingerprint density at radius 3 is 2.57 bits per heavy atom. The van der Waals surface area contributed by atoms with Gasteiger partial charge in [0.2, 0.25) is 5.91 Å². The standard InChI is InChI=1S/C15H29N5OS.ClH/c1-11(2)10-20-13(18-19-15(20)22-5)7-6-8-17-14(21)12(3)9-16-4;/h11-12,16H,6-10H2,1-5H3,(H,17,21);1H. The molecule has 1 unspecified atom stereocenters. The maximum atomic E-state index is 11.8. The normalized spacial score (nSPS) is 12.1. The Hall–Kier alpha value is -0.790. The van der Waals surface area contributed by atoms with Crippen molar-refractivity contribution in [2.45, 2.75) is 45.3 Å². The summed E-state index contributed by atoms with van der Waals surface area (Å²) in [6.45, 7) is 8.62. The van der Waals surface area contributed by atoms with Gasteiger partial charge in [-0.3, -0.25) is 4.79 Å². The third kappa shape index (κ3) is 7.54. The molecule has 1 heterocycles. The molecule has 2 N–H and O–H groups in total. The van der Waals surface area contributed by atoms with Crippen LogP contribution in [0.5, 0.6) is 0 Å². The van der Waals surface area contributed by atoms with E-state index in [9.17, 15) is 4.79 Å². The number of hydrogen-bond donors (Lipinski definition) is 2. The molecule has 0 saturated carbocycles. The number of rotatable bonds is 10. The SMILES string of the molecule is CNCC(C)C(=O)NCCCc1nnc(SC)n1CC(C)C.Cl. The summed E-state index contributed by atoms with van der Waals surface area (Å²) in [6.07, 6.45) is 3.73. The molecule has 1 aromatic heterocycles. The summed E-state index contributed by atoms with van der Waals surface area (Å²) in [5.74, 6) is 1.67. The van der Waals surface area contributed by atoms with Gasteiger partial charge < -0.3 is 15.2 Å². The average Bonchev–Trinajstić information content (AvgIpc) is 2.85. The molecule has 1 atom stereocenters. The van der Waals surface area contributed by atoms with Gasteiger partial charge in [-0.25, -0.2) is 0 Å². The first-order valence-electron chi connectivity index (χ1n) is 7.88. The maximum Gasteiger partial charge on any atom is 0.224 e. The smallest absolute Gasteiger partial charge is 0.224 e. The van der Waals surface area contributed by atoms with Crippen LogP contribution in [0.2, 0.25) is 0 Å². The zero-order valence-electron chi connectivity index (χ0n) is 14.8. The van der Waals surface area contributed by atoms with E-state index in [2.05, 4.69) is 39.2 Å². The molecule has 0 aromatic carbocycles. The van der Waals surface area contributed by atoms with Crippen molar-refractivity contribution in [2.24, 2.45) is 11.8 Å². The van der Waals surface area contributed by atoms with Crippen molar-refractivity contribution in [1.29, 1.82) is 0 Å². The molecule has 1 rings (SSSR count). The topological polar surface area (TPSA) is 71.8 Å². The van der Waals surface area contributed by atoms with Crippen LogP contribution in [-0.2, 0) is 17.8 Å². The van der Waals surface area contributed by atoms with E-state index in [0.717, 1.165) is 30.4 Å². The van der Waals surface area contributed by atoms with Gasteiger partial charge >= 0.3 is 0 Å². The predicted octanol–water partition coefficient (Wildman–Crippen LogP) is 1.98. The number of carbonyl (C=O) groups excluding carboxylic acids is 1. The van der Waals surface area contributed by atoms with Crippen LogP contribution in [-0.4, -0.2) is 47.1 Å². The van der Waals surface area contributed by atoms with Crippen molar-refractivity contribution in [2.75, 3.05) is 26.4 Å². The number of hydrogen-bond acceptors (Lipinski definition) is 5. The van der Waals surface area contributed by atoms with Crippen LogP contribution in [0, 0.1) is 11.8 Å². The third-order valence-corrected chi connectivity index (χ3v) is 4.03. The van der Waals surface area contributed by atoms with Crippen molar-refractivity contribution in [3.63, 3.8) is 0 Å². The second kappa shape index (κ2) is 11.7. The van der Waals surface area contributed by atoms with E-state index in [1.165, 1.54) is 0 Å². The Bertz CT molecular complexity index is 467. The lowest BCUT2D eigenvalue weighted by atomic mass is 10.1. The average molecular weight is 364 g/mol. The number of thioether (sulfide) groups is 1. The van der Waals surface area contributed by atoms with Gasteiger partial charge in [0.05, 0.1) is 0 Å². The van der Waals surface area contributed by atoms with E-state index >= 15 is 0 Å². The Morgan fingerprint density at radius 2 is 2.00 bits per heavy atom. The lowest BCUT2D eigenvalue weighted by Gasteiger charge is -2.13. The summed E-state index contributed by atoms with van der Waals surface area (Å²) in [5, 5.41) is 15.5. The number of nitrogens with one attached hydrogen (secondary N) is 2. The van der Waals surface area contributed by atoms with Gasteiger partial charge in [0.25, 0.3) is 0 Å². The highest BCUT2D eigenvalue weighted by atomic mass is 35.5. The largest absolute Gasteiger partial charge is 0.356 e. The predicted molar refractivity (Wildman–Crippen MR) is 98.3 cm³/mol. The van der Waals surface area contributed by atoms with Crippen LogP contribution in [0.1, 0.15) is 33.0 Å². The molecule has 0 bridgehead atoms. The van der Waals surface area contributed by atoms with E-state index < -0.39 is 0 Å². The molecule has 23 heavy (non-hydrogen) atoms. The lowest BCUT2D eigenvalue weighted by Crippen LogP contribution is -2.35. The van der Waals surface area contributed by atoms with Crippen LogP contribution in [0.4, 0.5) is 0 Å². The highest BCUT2D eigenvalue weighted by Gasteiger charge is 2.13. The number of nitrogens with zero attached hydrogens (tertiary/aromatic N) is 3. The zero-order valence-corrected chi connectivity index (χ0v) is 16.4. The minimum Gasteiger partial charge on any atom is -0.356 e. The second-order valence-electron chi connectivity index (χ2n) is 5.96. The monoisotopic (exact) mass is 363 g/mol. The van der Waals surface area contributed by atoms with Gasteiger partial charge in [-0.2, -0.15) is 0 Å². The van der Waals surface area contributed by atoms with Crippen molar-refractivity contribution in [3.05, 3.63) is 5.82 Å². The Kier molecular flexibility index (Phi) is 11.3. The highest BCUT2D eigenvalue weighted by Crippen LogP contribution is 2.16. The first kappa shape index (κ1) is 22.2. The minimum atomic E-state index is -0.00214. The Morgan fingerprint density at radius 1 is 1.30 bits per heavy atom. The number of aromatic nitrogens is 3. The van der Waals surface area contributed by atoms with Crippen molar-refractivity contribution in [3.8, 4) is 0 Å². The molecule has 0 aliphatic heterocycles. The van der Waals surface area contributed by atoms with Crippen molar-refractivity contribution >= 4 is 30.1 Å². The lowest BCUT2D eigenvalue weighted by molar-refractivity contribution is -0.124. The molecule has 1 amide bonds. The van der Waals surface area contributed by atoms with E-state index in [0.29, 0.717) is 19.0 Å². The first-order chi connectivity index (χ1) is 10.5. The number of amides is 1. The minimum absolute atomic E-state index is 0.